The molecule has 5 nitrogen and oxygen atoms in total. The van der Waals surface area contributed by atoms with Gasteiger partial charge in [-0.15, -0.1) is 11.8 Å². The average Bonchev–Trinajstić information content (AvgIpc) is 3.18. The highest BCUT2D eigenvalue weighted by molar-refractivity contribution is 8.00. The number of carbonyl (C=O) groups is 2. The van der Waals surface area contributed by atoms with Gasteiger partial charge in [-0.1, -0.05) is 23.7 Å². The molecule has 7 heteroatoms. The Morgan fingerprint density at radius 2 is 2.00 bits per heavy atom. The van der Waals surface area contributed by atoms with Crippen LogP contribution in [0.2, 0.25) is 5.02 Å². The van der Waals surface area contributed by atoms with E-state index in [9.17, 15) is 9.59 Å². The molecule has 0 aliphatic carbocycles. The van der Waals surface area contributed by atoms with Crippen molar-refractivity contribution in [2.75, 3.05) is 13.1 Å². The van der Waals surface area contributed by atoms with Crippen LogP contribution < -0.4 is 5.32 Å². The maximum Gasteiger partial charge on any atom is 0.257 e. The Kier molecular flexibility index (Phi) is 6.27. The lowest BCUT2D eigenvalue weighted by molar-refractivity contribution is -0.121. The van der Waals surface area contributed by atoms with Crippen LogP contribution in [0.15, 0.2) is 52.2 Å². The van der Waals surface area contributed by atoms with Crippen LogP contribution in [-0.2, 0) is 4.79 Å². The molecule has 1 aromatic heterocycles. The molecule has 0 saturated carbocycles. The molecule has 138 valence electrons. The van der Waals surface area contributed by atoms with E-state index in [-0.39, 0.29) is 23.1 Å². The molecule has 26 heavy (non-hydrogen) atoms. The van der Waals surface area contributed by atoms with Gasteiger partial charge in [-0.3, -0.25) is 9.59 Å². The largest absolute Gasteiger partial charge is 0.472 e. The van der Waals surface area contributed by atoms with Gasteiger partial charge in [0.1, 0.15) is 6.26 Å². The Morgan fingerprint density at radius 1 is 1.27 bits per heavy atom. The van der Waals surface area contributed by atoms with E-state index < -0.39 is 0 Å². The van der Waals surface area contributed by atoms with Gasteiger partial charge in [0.05, 0.1) is 22.1 Å². The highest BCUT2D eigenvalue weighted by Crippen LogP contribution is 2.30. The highest BCUT2D eigenvalue weighted by atomic mass is 35.5. The van der Waals surface area contributed by atoms with E-state index in [2.05, 4.69) is 5.32 Å². The number of likely N-dealkylation sites (tertiary alicyclic amines) is 1. The van der Waals surface area contributed by atoms with E-state index in [0.717, 1.165) is 17.7 Å². The first-order chi connectivity index (χ1) is 12.5. The molecular weight excluding hydrogens is 372 g/mol. The van der Waals surface area contributed by atoms with E-state index in [1.54, 1.807) is 11.0 Å². The fourth-order valence-electron chi connectivity index (χ4n) is 2.90. The summed E-state index contributed by atoms with van der Waals surface area (Å²) >= 11 is 7.61. The van der Waals surface area contributed by atoms with Crippen LogP contribution in [0, 0.1) is 0 Å². The van der Waals surface area contributed by atoms with Gasteiger partial charge in [-0.05, 0) is 38.0 Å². The first kappa shape index (κ1) is 18.9. The fraction of sp³-hybridized carbons (Fsp3) is 0.368. The third-order valence-corrected chi connectivity index (χ3v) is 6.03. The van der Waals surface area contributed by atoms with Crippen molar-refractivity contribution in [3.63, 3.8) is 0 Å². The van der Waals surface area contributed by atoms with Crippen molar-refractivity contribution in [3.05, 3.63) is 53.4 Å². The topological polar surface area (TPSA) is 62.6 Å². The van der Waals surface area contributed by atoms with Gasteiger partial charge >= 0.3 is 0 Å². The lowest BCUT2D eigenvalue weighted by atomic mass is 10.0. The molecule has 3 rings (SSSR count). The molecule has 1 aliphatic heterocycles. The summed E-state index contributed by atoms with van der Waals surface area (Å²) in [5, 5.41) is 3.51. The molecule has 1 atom stereocenters. The molecule has 1 saturated heterocycles. The lowest BCUT2D eigenvalue weighted by Crippen LogP contribution is -2.48. The first-order valence-electron chi connectivity index (χ1n) is 8.57. The zero-order valence-corrected chi connectivity index (χ0v) is 16.1. The number of halogens is 1. The van der Waals surface area contributed by atoms with Gasteiger partial charge < -0.3 is 14.6 Å². The summed E-state index contributed by atoms with van der Waals surface area (Å²) < 4.78 is 4.97. The van der Waals surface area contributed by atoms with Gasteiger partial charge in [0.25, 0.3) is 5.91 Å². The Hall–Kier alpha value is -1.92. The molecular formula is C19H21ClN2O3S. The normalized spacial score (nSPS) is 16.3. The number of piperidine rings is 1. The molecule has 0 radical (unpaired) electrons. The molecule has 2 amide bonds. The van der Waals surface area contributed by atoms with Crippen molar-refractivity contribution in [2.45, 2.75) is 36.0 Å². The standard InChI is InChI=1S/C19H21ClN2O3S/c1-13(26-17-5-3-2-4-16(17)20)18(23)21-15-6-9-22(10-7-15)19(24)14-8-11-25-12-14/h2-5,8,11-13,15H,6-7,9-10H2,1H3,(H,21,23). The van der Waals surface area contributed by atoms with Crippen LogP contribution in [0.5, 0.6) is 0 Å². The fourth-order valence-corrected chi connectivity index (χ4v) is 4.06. The molecule has 1 fully saturated rings. The van der Waals surface area contributed by atoms with Crippen LogP contribution in [0.3, 0.4) is 0 Å². The Balaban J connectivity index is 1.47. The van der Waals surface area contributed by atoms with Crippen LogP contribution in [0.25, 0.3) is 0 Å². The average molecular weight is 393 g/mol. The summed E-state index contributed by atoms with van der Waals surface area (Å²) in [5.41, 5.74) is 0.567. The van der Waals surface area contributed by atoms with Gasteiger partial charge in [-0.25, -0.2) is 0 Å². The second-order valence-corrected chi connectivity index (χ2v) is 8.07. The summed E-state index contributed by atoms with van der Waals surface area (Å²) in [7, 11) is 0. The third kappa shape index (κ3) is 4.62. The number of benzene rings is 1. The quantitative estimate of drug-likeness (QED) is 0.785. The van der Waals surface area contributed by atoms with E-state index in [1.807, 2.05) is 31.2 Å². The summed E-state index contributed by atoms with van der Waals surface area (Å²) in [6, 6.07) is 9.27. The summed E-state index contributed by atoms with van der Waals surface area (Å²) in [5.74, 6) is -0.0271. The minimum atomic E-state index is -0.236. The molecule has 0 bridgehead atoms. The molecule has 0 spiro atoms. The highest BCUT2D eigenvalue weighted by Gasteiger charge is 2.26. The first-order valence-corrected chi connectivity index (χ1v) is 9.83. The van der Waals surface area contributed by atoms with Crippen molar-refractivity contribution < 1.29 is 14.0 Å². The van der Waals surface area contributed by atoms with Gasteiger partial charge in [0, 0.05) is 24.0 Å². The number of nitrogens with one attached hydrogen (secondary N) is 1. The number of hydrogen-bond donors (Lipinski definition) is 1. The van der Waals surface area contributed by atoms with E-state index in [0.29, 0.717) is 23.7 Å². The zero-order chi connectivity index (χ0) is 18.5. The predicted molar refractivity (Wildman–Crippen MR) is 103 cm³/mol. The minimum Gasteiger partial charge on any atom is -0.472 e. The van der Waals surface area contributed by atoms with Crippen LogP contribution in [0.1, 0.15) is 30.1 Å². The van der Waals surface area contributed by atoms with Gasteiger partial charge in [-0.2, -0.15) is 0 Å². The van der Waals surface area contributed by atoms with Crippen molar-refractivity contribution in [1.82, 2.24) is 10.2 Å². The second-order valence-electron chi connectivity index (χ2n) is 6.28. The van der Waals surface area contributed by atoms with Crippen molar-refractivity contribution in [2.24, 2.45) is 0 Å². The van der Waals surface area contributed by atoms with E-state index in [1.165, 1.54) is 24.3 Å². The van der Waals surface area contributed by atoms with E-state index in [4.69, 9.17) is 16.0 Å². The number of hydrogen-bond acceptors (Lipinski definition) is 4. The van der Waals surface area contributed by atoms with Gasteiger partial charge in [0.2, 0.25) is 5.91 Å². The van der Waals surface area contributed by atoms with Crippen LogP contribution in [0.4, 0.5) is 0 Å². The molecule has 1 unspecified atom stereocenters. The number of carbonyl (C=O) groups excluding carboxylic acids is 2. The number of nitrogens with zero attached hydrogens (tertiary/aromatic N) is 1. The number of thioether (sulfide) groups is 1. The van der Waals surface area contributed by atoms with Crippen molar-refractivity contribution in [1.29, 1.82) is 0 Å². The Labute approximate surface area is 162 Å². The van der Waals surface area contributed by atoms with E-state index >= 15 is 0 Å². The lowest BCUT2D eigenvalue weighted by Gasteiger charge is -2.32. The third-order valence-electron chi connectivity index (χ3n) is 4.41. The molecule has 2 aromatic rings. The summed E-state index contributed by atoms with van der Waals surface area (Å²) in [6.45, 7) is 3.13. The van der Waals surface area contributed by atoms with Crippen molar-refractivity contribution >= 4 is 35.2 Å². The predicted octanol–water partition coefficient (Wildman–Crippen LogP) is 3.83. The Morgan fingerprint density at radius 3 is 2.65 bits per heavy atom. The maximum atomic E-state index is 12.5. The second kappa shape index (κ2) is 8.64. The molecule has 1 N–H and O–H groups in total. The number of rotatable bonds is 5. The Bertz CT molecular complexity index is 758. The number of furan rings is 1. The zero-order valence-electron chi connectivity index (χ0n) is 14.5. The van der Waals surface area contributed by atoms with Gasteiger partial charge in [0.15, 0.2) is 0 Å². The SMILES string of the molecule is CC(Sc1ccccc1Cl)C(=O)NC1CCN(C(=O)c2ccoc2)CC1. The minimum absolute atomic E-state index is 0.00506. The van der Waals surface area contributed by atoms with Crippen LogP contribution >= 0.6 is 23.4 Å². The summed E-state index contributed by atoms with van der Waals surface area (Å²) in [6.07, 6.45) is 4.46. The molecule has 1 aromatic carbocycles. The monoisotopic (exact) mass is 392 g/mol. The summed E-state index contributed by atoms with van der Waals surface area (Å²) in [4.78, 5) is 27.5. The maximum absolute atomic E-state index is 12.5. The number of amides is 2. The molecule has 1 aliphatic rings. The molecule has 2 heterocycles. The van der Waals surface area contributed by atoms with Crippen LogP contribution in [-0.4, -0.2) is 41.1 Å². The smallest absolute Gasteiger partial charge is 0.257 e. The van der Waals surface area contributed by atoms with Crippen molar-refractivity contribution in [3.8, 4) is 0 Å².